The Kier molecular flexibility index (Phi) is 14.6. The van der Waals surface area contributed by atoms with E-state index in [1.165, 1.54) is 0 Å². The Morgan fingerprint density at radius 3 is 2.80 bits per heavy atom. The fourth-order valence-electron chi connectivity index (χ4n) is 0.998. The Labute approximate surface area is 114 Å². The third-order valence-corrected chi connectivity index (χ3v) is 2.30. The largest absolute Gasteiger partial charge is 0.383 e. The van der Waals surface area contributed by atoms with Crippen molar-refractivity contribution in [1.82, 2.24) is 5.32 Å². The third-order valence-electron chi connectivity index (χ3n) is 1.60. The van der Waals surface area contributed by atoms with E-state index in [-0.39, 0.29) is 30.0 Å². The minimum Gasteiger partial charge on any atom is -0.383 e. The molecule has 0 radical (unpaired) electrons. The molecular weight excluding hydrogens is 325 g/mol. The van der Waals surface area contributed by atoms with E-state index in [9.17, 15) is 0 Å². The average Bonchev–Trinajstić information content (AvgIpc) is 2.13. The highest BCUT2D eigenvalue weighted by atomic mass is 127. The molecule has 4 nitrogen and oxygen atoms in total. The minimum absolute atomic E-state index is 0. The Morgan fingerprint density at radius 1 is 1.60 bits per heavy atom. The van der Waals surface area contributed by atoms with Gasteiger partial charge in [0.15, 0.2) is 5.96 Å². The van der Waals surface area contributed by atoms with E-state index >= 15 is 0 Å². The van der Waals surface area contributed by atoms with Crippen LogP contribution >= 0.6 is 35.7 Å². The summed E-state index contributed by atoms with van der Waals surface area (Å²) < 4.78 is 4.97. The summed E-state index contributed by atoms with van der Waals surface area (Å²) in [7, 11) is 1.67. The second kappa shape index (κ2) is 12.4. The van der Waals surface area contributed by atoms with Crippen molar-refractivity contribution in [3.8, 4) is 0 Å². The molecule has 0 bridgehead atoms. The fraction of sp³-hybridized carbons (Fsp3) is 0.889. The van der Waals surface area contributed by atoms with Crippen LogP contribution in [0.25, 0.3) is 0 Å². The molecule has 0 aliphatic heterocycles. The molecule has 0 aliphatic rings. The number of nitrogens with two attached hydrogens (primary N) is 1. The van der Waals surface area contributed by atoms with Crippen molar-refractivity contribution < 1.29 is 4.74 Å². The van der Waals surface area contributed by atoms with Crippen LogP contribution in [0.1, 0.15) is 13.3 Å². The van der Waals surface area contributed by atoms with Gasteiger partial charge >= 0.3 is 0 Å². The molecule has 0 heterocycles. The standard InChI is InChI=1S/C9H21N3OS.HI/c1-8(7-13-2)12-9(10)11-5-4-6-14-3;/h8H,4-7H2,1-3H3,(H3,10,11,12);1H. The number of aliphatic imine (C=N–C) groups is 1. The highest BCUT2D eigenvalue weighted by Crippen LogP contribution is 1.94. The summed E-state index contributed by atoms with van der Waals surface area (Å²) in [6, 6.07) is 0.212. The number of ether oxygens (including phenoxy) is 1. The van der Waals surface area contributed by atoms with E-state index < -0.39 is 0 Å². The Bertz CT molecular complexity index is 169. The molecule has 1 unspecified atom stereocenters. The van der Waals surface area contributed by atoms with Gasteiger partial charge in [-0.25, -0.2) is 0 Å². The van der Waals surface area contributed by atoms with Gasteiger partial charge in [-0.05, 0) is 25.4 Å². The van der Waals surface area contributed by atoms with Crippen molar-refractivity contribution in [2.45, 2.75) is 19.4 Å². The monoisotopic (exact) mass is 347 g/mol. The molecule has 0 spiro atoms. The van der Waals surface area contributed by atoms with Crippen molar-refractivity contribution in [2.75, 3.05) is 32.3 Å². The summed E-state index contributed by atoms with van der Waals surface area (Å²) in [5.74, 6) is 1.64. The topological polar surface area (TPSA) is 59.6 Å². The molecule has 0 saturated heterocycles. The fourth-order valence-corrected chi connectivity index (χ4v) is 1.42. The van der Waals surface area contributed by atoms with Crippen LogP contribution < -0.4 is 11.1 Å². The number of hydrogen-bond acceptors (Lipinski definition) is 3. The second-order valence-corrected chi connectivity index (χ2v) is 4.10. The number of rotatable bonds is 7. The number of nitrogens with zero attached hydrogens (tertiary/aromatic N) is 1. The molecule has 3 N–H and O–H groups in total. The van der Waals surface area contributed by atoms with E-state index in [2.05, 4.69) is 16.6 Å². The van der Waals surface area contributed by atoms with Crippen molar-refractivity contribution in [3.63, 3.8) is 0 Å². The zero-order valence-corrected chi connectivity index (χ0v) is 12.8. The van der Waals surface area contributed by atoms with Crippen LogP contribution in [0.3, 0.4) is 0 Å². The molecular formula is C9H22IN3OS. The van der Waals surface area contributed by atoms with Gasteiger partial charge in [-0.1, -0.05) is 0 Å². The third kappa shape index (κ3) is 12.2. The second-order valence-electron chi connectivity index (χ2n) is 3.11. The van der Waals surface area contributed by atoms with Crippen LogP contribution in [0.15, 0.2) is 4.99 Å². The van der Waals surface area contributed by atoms with Crippen LogP contribution in [-0.4, -0.2) is 44.3 Å². The van der Waals surface area contributed by atoms with Crippen LogP contribution in [0.2, 0.25) is 0 Å². The van der Waals surface area contributed by atoms with Crippen molar-refractivity contribution in [1.29, 1.82) is 0 Å². The van der Waals surface area contributed by atoms with Gasteiger partial charge in [0.1, 0.15) is 0 Å². The molecule has 0 aromatic carbocycles. The summed E-state index contributed by atoms with van der Waals surface area (Å²) in [4.78, 5) is 4.20. The van der Waals surface area contributed by atoms with Crippen LogP contribution in [0, 0.1) is 0 Å². The number of thioether (sulfide) groups is 1. The molecule has 15 heavy (non-hydrogen) atoms. The maximum absolute atomic E-state index is 5.66. The lowest BCUT2D eigenvalue weighted by Gasteiger charge is -2.12. The van der Waals surface area contributed by atoms with E-state index in [0.717, 1.165) is 18.7 Å². The Balaban J connectivity index is 0. The predicted octanol–water partition coefficient (Wildman–Crippen LogP) is 1.30. The minimum atomic E-state index is 0. The van der Waals surface area contributed by atoms with Crippen LogP contribution in [0.4, 0.5) is 0 Å². The molecule has 0 amide bonds. The Morgan fingerprint density at radius 2 is 2.27 bits per heavy atom. The van der Waals surface area contributed by atoms with Gasteiger partial charge in [0.2, 0.25) is 0 Å². The molecule has 0 saturated carbocycles. The summed E-state index contributed by atoms with van der Waals surface area (Å²) in [5.41, 5.74) is 5.66. The van der Waals surface area contributed by atoms with E-state index in [1.807, 2.05) is 18.7 Å². The van der Waals surface area contributed by atoms with Crippen molar-refractivity contribution >= 4 is 41.7 Å². The summed E-state index contributed by atoms with van der Waals surface area (Å²) >= 11 is 1.82. The highest BCUT2D eigenvalue weighted by Gasteiger charge is 2.00. The first kappa shape index (κ1) is 17.7. The summed E-state index contributed by atoms with van der Waals surface area (Å²) in [6.45, 7) is 3.44. The van der Waals surface area contributed by atoms with Gasteiger partial charge in [0.25, 0.3) is 0 Å². The highest BCUT2D eigenvalue weighted by molar-refractivity contribution is 14.0. The zero-order chi connectivity index (χ0) is 10.8. The summed E-state index contributed by atoms with van der Waals surface area (Å²) in [6.07, 6.45) is 3.16. The molecule has 1 atom stereocenters. The van der Waals surface area contributed by atoms with E-state index in [4.69, 9.17) is 10.5 Å². The normalized spacial score (nSPS) is 13.1. The van der Waals surface area contributed by atoms with Gasteiger partial charge in [0, 0.05) is 19.7 Å². The first-order valence-corrected chi connectivity index (χ1v) is 6.14. The molecule has 0 aliphatic carbocycles. The molecule has 92 valence electrons. The van der Waals surface area contributed by atoms with E-state index in [0.29, 0.717) is 12.6 Å². The molecule has 0 rings (SSSR count). The quantitative estimate of drug-likeness (QED) is 0.315. The lowest BCUT2D eigenvalue weighted by molar-refractivity contribution is 0.179. The maximum atomic E-state index is 5.66. The smallest absolute Gasteiger partial charge is 0.188 e. The van der Waals surface area contributed by atoms with E-state index in [1.54, 1.807) is 7.11 Å². The number of nitrogens with one attached hydrogen (secondary N) is 1. The number of hydrogen-bond donors (Lipinski definition) is 2. The Hall–Kier alpha value is 0.310. The van der Waals surface area contributed by atoms with Gasteiger partial charge in [-0.3, -0.25) is 4.99 Å². The average molecular weight is 347 g/mol. The van der Waals surface area contributed by atoms with Gasteiger partial charge in [-0.2, -0.15) is 11.8 Å². The lowest BCUT2D eigenvalue weighted by Crippen LogP contribution is -2.40. The number of guanidine groups is 1. The molecule has 6 heteroatoms. The zero-order valence-electron chi connectivity index (χ0n) is 9.66. The lowest BCUT2D eigenvalue weighted by atomic mass is 10.4. The van der Waals surface area contributed by atoms with Gasteiger partial charge in [-0.15, -0.1) is 24.0 Å². The van der Waals surface area contributed by atoms with Crippen molar-refractivity contribution in [2.24, 2.45) is 10.7 Å². The number of halogens is 1. The van der Waals surface area contributed by atoms with Gasteiger partial charge in [0.05, 0.1) is 6.61 Å². The van der Waals surface area contributed by atoms with Crippen LogP contribution in [0.5, 0.6) is 0 Å². The summed E-state index contributed by atoms with van der Waals surface area (Å²) in [5, 5.41) is 3.05. The van der Waals surface area contributed by atoms with Crippen LogP contribution in [-0.2, 0) is 4.74 Å². The van der Waals surface area contributed by atoms with Crippen molar-refractivity contribution in [3.05, 3.63) is 0 Å². The maximum Gasteiger partial charge on any atom is 0.188 e. The first-order chi connectivity index (χ1) is 6.70. The molecule has 0 aromatic heterocycles. The van der Waals surface area contributed by atoms with Gasteiger partial charge < -0.3 is 15.8 Å². The molecule has 0 aromatic rings. The predicted molar refractivity (Wildman–Crippen MR) is 79.4 cm³/mol. The molecule has 0 fully saturated rings. The SMILES string of the molecule is COCC(C)NC(N)=NCCCSC.I. The number of methoxy groups -OCH3 is 1. The first-order valence-electron chi connectivity index (χ1n) is 4.75.